The lowest BCUT2D eigenvalue weighted by molar-refractivity contribution is -0.117. The summed E-state index contributed by atoms with van der Waals surface area (Å²) >= 11 is 12.0. The van der Waals surface area contributed by atoms with Gasteiger partial charge < -0.3 is 4.42 Å². The molecule has 0 aliphatic carbocycles. The highest BCUT2D eigenvalue weighted by Crippen LogP contribution is 2.30. The summed E-state index contributed by atoms with van der Waals surface area (Å²) in [7, 11) is 0. The van der Waals surface area contributed by atoms with Crippen LogP contribution in [0.2, 0.25) is 10.0 Å². The maximum atomic E-state index is 12.6. The summed E-state index contributed by atoms with van der Waals surface area (Å²) in [5.41, 5.74) is 3.86. The van der Waals surface area contributed by atoms with E-state index in [1.54, 1.807) is 54.6 Å². The minimum Gasteiger partial charge on any atom is -0.457 e. The number of nitrogens with one attached hydrogen (secondary N) is 1. The molecule has 0 spiro atoms. The number of carbonyl (C=O) groups is 2. The molecule has 3 aromatic rings. The van der Waals surface area contributed by atoms with Crippen LogP contribution in [0.5, 0.6) is 0 Å². The van der Waals surface area contributed by atoms with Gasteiger partial charge in [0.1, 0.15) is 17.1 Å². The van der Waals surface area contributed by atoms with Gasteiger partial charge in [0.05, 0.1) is 15.7 Å². The van der Waals surface area contributed by atoms with E-state index < -0.39 is 11.8 Å². The number of carbonyl (C=O) groups excluding carboxylic acids is 2. The third-order valence-electron chi connectivity index (χ3n) is 4.02. The monoisotopic (exact) mass is 398 g/mol. The average Bonchev–Trinajstić information content (AvgIpc) is 3.25. The summed E-state index contributed by atoms with van der Waals surface area (Å²) in [6, 6.07) is 17.4. The zero-order valence-corrected chi connectivity index (χ0v) is 15.3. The lowest BCUT2D eigenvalue weighted by Gasteiger charge is -2.13. The Morgan fingerprint density at radius 3 is 2.44 bits per heavy atom. The third kappa shape index (κ3) is 3.35. The van der Waals surface area contributed by atoms with Crippen LogP contribution in [0.1, 0.15) is 5.76 Å². The van der Waals surface area contributed by atoms with Crippen LogP contribution in [-0.2, 0) is 9.59 Å². The van der Waals surface area contributed by atoms with E-state index in [0.29, 0.717) is 27.3 Å². The van der Waals surface area contributed by atoms with Crippen molar-refractivity contribution in [2.45, 2.75) is 0 Å². The second kappa shape index (κ2) is 6.95. The number of hydrazine groups is 1. The summed E-state index contributed by atoms with van der Waals surface area (Å²) in [6.45, 7) is 0. The van der Waals surface area contributed by atoms with Gasteiger partial charge in [-0.3, -0.25) is 15.0 Å². The van der Waals surface area contributed by atoms with Crippen molar-refractivity contribution in [1.29, 1.82) is 0 Å². The van der Waals surface area contributed by atoms with Gasteiger partial charge in [-0.1, -0.05) is 41.4 Å². The summed E-state index contributed by atoms with van der Waals surface area (Å²) < 4.78 is 5.74. The Kier molecular flexibility index (Phi) is 4.48. The van der Waals surface area contributed by atoms with Crippen molar-refractivity contribution in [2.24, 2.45) is 0 Å². The molecule has 5 nitrogen and oxygen atoms in total. The highest BCUT2D eigenvalue weighted by atomic mass is 35.5. The van der Waals surface area contributed by atoms with E-state index in [4.69, 9.17) is 27.6 Å². The first-order chi connectivity index (χ1) is 13.0. The number of rotatable bonds is 3. The molecule has 1 fully saturated rings. The van der Waals surface area contributed by atoms with Gasteiger partial charge in [-0.15, -0.1) is 0 Å². The fraction of sp³-hybridized carbons (Fsp3) is 0. The molecule has 7 heteroatoms. The number of para-hydroxylation sites is 1. The van der Waals surface area contributed by atoms with Crippen molar-refractivity contribution in [2.75, 3.05) is 5.01 Å². The van der Waals surface area contributed by atoms with Gasteiger partial charge in [-0.05, 0) is 48.5 Å². The molecule has 1 aliphatic rings. The third-order valence-corrected chi connectivity index (χ3v) is 4.76. The van der Waals surface area contributed by atoms with Crippen LogP contribution in [0.15, 0.2) is 70.7 Å². The Labute approximate surface area is 164 Å². The largest absolute Gasteiger partial charge is 0.457 e. The van der Waals surface area contributed by atoms with Gasteiger partial charge in [-0.2, -0.15) is 0 Å². The predicted molar refractivity (Wildman–Crippen MR) is 104 cm³/mol. The van der Waals surface area contributed by atoms with Crippen LogP contribution in [-0.4, -0.2) is 11.8 Å². The van der Waals surface area contributed by atoms with E-state index in [1.807, 2.05) is 6.07 Å². The van der Waals surface area contributed by atoms with Gasteiger partial charge in [0.25, 0.3) is 11.8 Å². The van der Waals surface area contributed by atoms with Gasteiger partial charge in [0, 0.05) is 5.56 Å². The standard InChI is InChI=1S/C20H12Cl2N2O3/c21-16-8-6-12(10-17(16)22)18-9-7-14(27-18)11-15-19(25)23-24(20(15)26)13-4-2-1-3-5-13/h1-11H,(H,23,25)/b15-11+. The number of anilines is 1. The van der Waals surface area contributed by atoms with Crippen LogP contribution in [0.4, 0.5) is 5.69 Å². The van der Waals surface area contributed by atoms with E-state index >= 15 is 0 Å². The number of nitrogens with zero attached hydrogens (tertiary/aromatic N) is 1. The lowest BCUT2D eigenvalue weighted by Crippen LogP contribution is -2.35. The highest BCUT2D eigenvalue weighted by Gasteiger charge is 2.34. The van der Waals surface area contributed by atoms with Crippen molar-refractivity contribution < 1.29 is 14.0 Å². The fourth-order valence-corrected chi connectivity index (χ4v) is 2.99. The minimum absolute atomic E-state index is 0.00566. The van der Waals surface area contributed by atoms with Crippen molar-refractivity contribution in [3.63, 3.8) is 0 Å². The second-order valence-electron chi connectivity index (χ2n) is 5.81. The first-order valence-corrected chi connectivity index (χ1v) is 8.76. The zero-order chi connectivity index (χ0) is 19.0. The Bertz CT molecular complexity index is 1070. The van der Waals surface area contributed by atoms with Crippen molar-refractivity contribution >= 4 is 46.8 Å². The summed E-state index contributed by atoms with van der Waals surface area (Å²) in [6.07, 6.45) is 1.42. The fourth-order valence-electron chi connectivity index (χ4n) is 2.69. The molecule has 1 aromatic heterocycles. The molecule has 1 aliphatic heterocycles. The van der Waals surface area contributed by atoms with Gasteiger partial charge in [0.2, 0.25) is 0 Å². The van der Waals surface area contributed by atoms with E-state index in [0.717, 1.165) is 5.56 Å². The Balaban J connectivity index is 1.62. The van der Waals surface area contributed by atoms with Gasteiger partial charge >= 0.3 is 0 Å². The molecule has 2 aromatic carbocycles. The molecule has 0 saturated carbocycles. The first-order valence-electron chi connectivity index (χ1n) is 8.00. The molecule has 2 amide bonds. The molecule has 134 valence electrons. The lowest BCUT2D eigenvalue weighted by atomic mass is 10.2. The van der Waals surface area contributed by atoms with Crippen molar-refractivity contribution in [1.82, 2.24) is 5.43 Å². The SMILES string of the molecule is O=C1NN(c2ccccc2)C(=O)/C1=C/c1ccc(-c2ccc(Cl)c(Cl)c2)o1. The molecule has 0 bridgehead atoms. The molecule has 4 rings (SSSR count). The second-order valence-corrected chi connectivity index (χ2v) is 6.62. The average molecular weight is 399 g/mol. The number of hydrogen-bond acceptors (Lipinski definition) is 3. The summed E-state index contributed by atoms with van der Waals surface area (Å²) in [4.78, 5) is 24.8. The molecule has 0 radical (unpaired) electrons. The van der Waals surface area contributed by atoms with Crippen molar-refractivity contribution in [3.8, 4) is 11.3 Å². The molecule has 0 unspecified atom stereocenters. The highest BCUT2D eigenvalue weighted by molar-refractivity contribution is 6.42. The molecular formula is C20H12Cl2N2O3. The Hall–Kier alpha value is -3.02. The van der Waals surface area contributed by atoms with Gasteiger partial charge in [-0.25, -0.2) is 5.01 Å². The van der Waals surface area contributed by atoms with Crippen LogP contribution in [0.3, 0.4) is 0 Å². The molecule has 0 atom stereocenters. The van der Waals surface area contributed by atoms with E-state index in [1.165, 1.54) is 11.1 Å². The molecule has 1 N–H and O–H groups in total. The number of hydrogen-bond donors (Lipinski definition) is 1. The predicted octanol–water partition coefficient (Wildman–Crippen LogP) is 4.71. The van der Waals surface area contributed by atoms with Crippen LogP contribution in [0.25, 0.3) is 17.4 Å². The quantitative estimate of drug-likeness (QED) is 0.512. The van der Waals surface area contributed by atoms with Crippen LogP contribution >= 0.6 is 23.2 Å². The van der Waals surface area contributed by atoms with E-state index in [2.05, 4.69) is 5.43 Å². The zero-order valence-electron chi connectivity index (χ0n) is 13.8. The number of furan rings is 1. The van der Waals surface area contributed by atoms with Crippen LogP contribution < -0.4 is 10.4 Å². The first kappa shape index (κ1) is 17.4. The number of amides is 2. The van der Waals surface area contributed by atoms with E-state index in [-0.39, 0.29) is 5.57 Å². The Morgan fingerprint density at radius 1 is 0.926 bits per heavy atom. The van der Waals surface area contributed by atoms with Crippen molar-refractivity contribution in [3.05, 3.63) is 82.0 Å². The summed E-state index contributed by atoms with van der Waals surface area (Å²) in [5.74, 6) is -0.00861. The maximum absolute atomic E-state index is 12.6. The van der Waals surface area contributed by atoms with E-state index in [9.17, 15) is 9.59 Å². The maximum Gasteiger partial charge on any atom is 0.282 e. The molecule has 1 saturated heterocycles. The van der Waals surface area contributed by atoms with Crippen LogP contribution in [0, 0.1) is 0 Å². The number of halogens is 2. The molecule has 27 heavy (non-hydrogen) atoms. The molecular weight excluding hydrogens is 387 g/mol. The minimum atomic E-state index is -0.489. The normalized spacial score (nSPS) is 15.5. The van der Waals surface area contributed by atoms with Gasteiger partial charge in [0.15, 0.2) is 0 Å². The smallest absolute Gasteiger partial charge is 0.282 e. The topological polar surface area (TPSA) is 62.6 Å². The molecule has 2 heterocycles. The number of benzene rings is 2. The Morgan fingerprint density at radius 2 is 1.70 bits per heavy atom. The summed E-state index contributed by atoms with van der Waals surface area (Å²) in [5, 5.41) is 2.06.